The van der Waals surface area contributed by atoms with Crippen molar-refractivity contribution in [2.45, 2.75) is 6.61 Å². The monoisotopic (exact) mass is 225 g/mol. The molecular weight excluding hydrogens is 223 g/mol. The Morgan fingerprint density at radius 2 is 1.14 bits per heavy atom. The van der Waals surface area contributed by atoms with Gasteiger partial charge in [0.1, 0.15) is 0 Å². The van der Waals surface area contributed by atoms with E-state index in [1.165, 1.54) is 0 Å². The topological polar surface area (TPSA) is 9.23 Å². The fraction of sp³-hybridized carbons (Fsp3) is 0.143. The molecule has 0 fully saturated rings. The minimum atomic E-state index is -2.18. The van der Waals surface area contributed by atoms with Gasteiger partial charge in [0, 0.05) is 0 Å². The van der Waals surface area contributed by atoms with E-state index in [0.29, 0.717) is 0 Å². The predicted octanol–water partition coefficient (Wildman–Crippen LogP) is 1.98. The van der Waals surface area contributed by atoms with Crippen LogP contribution in [0.5, 0.6) is 0 Å². The highest BCUT2D eigenvalue weighted by Gasteiger charge is 2.25. The van der Waals surface area contributed by atoms with Gasteiger partial charge < -0.3 is 4.43 Å². The third-order valence-electron chi connectivity index (χ3n) is 1.52. The highest BCUT2D eigenvalue weighted by molar-refractivity contribution is 5.97. The Labute approximate surface area is 79.0 Å². The molecule has 0 aliphatic heterocycles. The Kier molecular flexibility index (Phi) is 3.22. The van der Waals surface area contributed by atoms with Crippen LogP contribution >= 0.6 is 0 Å². The minimum Gasteiger partial charge on any atom is -0.414 e. The van der Waals surface area contributed by atoms with Crippen LogP contribution in [0.1, 0.15) is 5.56 Å². The van der Waals surface area contributed by atoms with Crippen LogP contribution in [-0.4, -0.2) is 10.5 Å². The van der Waals surface area contributed by atoms with Gasteiger partial charge in [-0.2, -0.15) is 0 Å². The van der Waals surface area contributed by atoms with Crippen LogP contribution in [0.3, 0.4) is 0 Å². The summed E-state index contributed by atoms with van der Waals surface area (Å²) in [6.45, 7) is -0.761. The van der Waals surface area contributed by atoms with Crippen LogP contribution in [0.25, 0.3) is 0 Å². The second-order valence-electron chi connectivity index (χ2n) is 2.34. The third-order valence-corrected chi connectivity index (χ3v) is 1.66. The SMILES string of the molecule is Fc1c(F)c(F)c(CO[Si])c(F)c1F. The van der Waals surface area contributed by atoms with Gasteiger partial charge in [0.05, 0.1) is 12.2 Å². The third kappa shape index (κ3) is 1.64. The molecule has 14 heavy (non-hydrogen) atoms. The van der Waals surface area contributed by atoms with Gasteiger partial charge in [-0.15, -0.1) is 0 Å². The first-order valence-electron chi connectivity index (χ1n) is 3.29. The van der Waals surface area contributed by atoms with E-state index >= 15 is 0 Å². The van der Waals surface area contributed by atoms with E-state index in [4.69, 9.17) is 0 Å². The van der Waals surface area contributed by atoms with Gasteiger partial charge in [-0.1, -0.05) is 0 Å². The molecule has 0 aliphatic rings. The van der Waals surface area contributed by atoms with Gasteiger partial charge in [0.15, 0.2) is 23.3 Å². The van der Waals surface area contributed by atoms with E-state index < -0.39 is 41.3 Å². The van der Waals surface area contributed by atoms with E-state index in [-0.39, 0.29) is 0 Å². The molecule has 75 valence electrons. The lowest BCUT2D eigenvalue weighted by atomic mass is 10.2. The Morgan fingerprint density at radius 1 is 0.786 bits per heavy atom. The van der Waals surface area contributed by atoms with E-state index in [9.17, 15) is 22.0 Å². The fourth-order valence-electron chi connectivity index (χ4n) is 0.849. The molecule has 0 aliphatic carbocycles. The average Bonchev–Trinajstić information content (AvgIpc) is 2.19. The van der Waals surface area contributed by atoms with Crippen LogP contribution in [0.2, 0.25) is 0 Å². The highest BCUT2D eigenvalue weighted by Crippen LogP contribution is 2.23. The predicted molar refractivity (Wildman–Crippen MR) is 36.8 cm³/mol. The van der Waals surface area contributed by atoms with E-state index in [0.717, 1.165) is 0 Å². The summed E-state index contributed by atoms with van der Waals surface area (Å²) in [4.78, 5) is 0. The molecule has 0 unspecified atom stereocenters. The smallest absolute Gasteiger partial charge is 0.246 e. The second-order valence-corrected chi connectivity index (χ2v) is 2.63. The van der Waals surface area contributed by atoms with Crippen LogP contribution < -0.4 is 0 Å². The number of hydrogen-bond acceptors (Lipinski definition) is 1. The summed E-state index contributed by atoms with van der Waals surface area (Å²) in [5, 5.41) is 0. The number of hydrogen-bond donors (Lipinski definition) is 0. The number of rotatable bonds is 2. The van der Waals surface area contributed by atoms with Crippen LogP contribution in [-0.2, 0) is 11.0 Å². The molecule has 0 aromatic heterocycles. The molecule has 0 bridgehead atoms. The maximum absolute atomic E-state index is 12.8. The Hall–Kier alpha value is -0.953. The van der Waals surface area contributed by atoms with E-state index in [2.05, 4.69) is 14.9 Å². The zero-order chi connectivity index (χ0) is 10.9. The zero-order valence-electron chi connectivity index (χ0n) is 6.51. The van der Waals surface area contributed by atoms with Crippen LogP contribution in [0, 0.1) is 29.1 Å². The van der Waals surface area contributed by atoms with Gasteiger partial charge in [0.25, 0.3) is 0 Å². The van der Waals surface area contributed by atoms with Gasteiger partial charge >= 0.3 is 0 Å². The molecule has 1 rings (SSSR count). The second kappa shape index (κ2) is 4.05. The molecule has 0 N–H and O–H groups in total. The Balaban J connectivity index is 3.43. The molecule has 0 saturated heterocycles. The molecule has 0 atom stereocenters. The molecular formula is C7H2F5OSi. The van der Waals surface area contributed by atoms with Crippen molar-refractivity contribution in [3.8, 4) is 0 Å². The first-order valence-corrected chi connectivity index (χ1v) is 3.70. The van der Waals surface area contributed by atoms with E-state index in [1.54, 1.807) is 0 Å². The van der Waals surface area contributed by atoms with Crippen molar-refractivity contribution in [3.63, 3.8) is 0 Å². The van der Waals surface area contributed by atoms with Crippen LogP contribution in [0.4, 0.5) is 22.0 Å². The van der Waals surface area contributed by atoms with Crippen molar-refractivity contribution < 1.29 is 26.4 Å². The fourth-order valence-corrected chi connectivity index (χ4v) is 0.994. The molecule has 1 aromatic carbocycles. The first-order chi connectivity index (χ1) is 6.50. The highest BCUT2D eigenvalue weighted by atomic mass is 28.2. The molecule has 0 spiro atoms. The quantitative estimate of drug-likeness (QED) is 0.323. The summed E-state index contributed by atoms with van der Waals surface area (Å²) in [6.07, 6.45) is 0. The maximum atomic E-state index is 12.8. The lowest BCUT2D eigenvalue weighted by Gasteiger charge is -2.06. The van der Waals surface area contributed by atoms with Crippen molar-refractivity contribution in [3.05, 3.63) is 34.6 Å². The average molecular weight is 225 g/mol. The summed E-state index contributed by atoms with van der Waals surface area (Å²) in [7, 11) is 2.40. The lowest BCUT2D eigenvalue weighted by molar-refractivity contribution is 0.300. The van der Waals surface area contributed by atoms with Crippen molar-refractivity contribution in [2.24, 2.45) is 0 Å². The van der Waals surface area contributed by atoms with Crippen molar-refractivity contribution in [1.29, 1.82) is 0 Å². The summed E-state index contributed by atoms with van der Waals surface area (Å²) in [5.41, 5.74) is -1.02. The molecule has 1 nitrogen and oxygen atoms in total. The largest absolute Gasteiger partial charge is 0.414 e. The minimum absolute atomic E-state index is 0.761. The molecule has 3 radical (unpaired) electrons. The summed E-state index contributed by atoms with van der Waals surface area (Å²) in [6, 6.07) is 0. The van der Waals surface area contributed by atoms with Crippen LogP contribution in [0.15, 0.2) is 0 Å². The molecule has 0 heterocycles. The molecule has 0 saturated carbocycles. The van der Waals surface area contributed by atoms with Crippen molar-refractivity contribution in [1.82, 2.24) is 0 Å². The standard InChI is InChI=1S/C7H2F5OSi/c8-3-2(1-13-14)4(9)6(11)7(12)5(3)10/h1H2. The Morgan fingerprint density at radius 3 is 1.50 bits per heavy atom. The molecule has 0 amide bonds. The van der Waals surface area contributed by atoms with Crippen molar-refractivity contribution >= 4 is 10.5 Å². The van der Waals surface area contributed by atoms with Gasteiger partial charge in [0.2, 0.25) is 16.3 Å². The molecule has 1 aromatic rings. The normalized spacial score (nSPS) is 10.7. The Bertz CT molecular complexity index is 339. The number of halogens is 5. The maximum Gasteiger partial charge on any atom is 0.246 e. The van der Waals surface area contributed by atoms with E-state index in [1.807, 2.05) is 0 Å². The summed E-state index contributed by atoms with van der Waals surface area (Å²) >= 11 is 0. The van der Waals surface area contributed by atoms with Crippen molar-refractivity contribution in [2.75, 3.05) is 0 Å². The van der Waals surface area contributed by atoms with Gasteiger partial charge in [-0.05, 0) is 0 Å². The number of benzene rings is 1. The van der Waals surface area contributed by atoms with Gasteiger partial charge in [-0.25, -0.2) is 22.0 Å². The molecule has 7 heteroatoms. The first kappa shape index (κ1) is 11.1. The lowest BCUT2D eigenvalue weighted by Crippen LogP contribution is -2.07. The zero-order valence-corrected chi connectivity index (χ0v) is 7.51. The van der Waals surface area contributed by atoms with Gasteiger partial charge in [-0.3, -0.25) is 0 Å². The summed E-state index contributed by atoms with van der Waals surface area (Å²) < 4.78 is 67.1. The summed E-state index contributed by atoms with van der Waals surface area (Å²) in [5.74, 6) is -9.93.